The first kappa shape index (κ1) is 18.2. The van der Waals surface area contributed by atoms with Gasteiger partial charge in [0.2, 0.25) is 5.91 Å². The molecule has 8 nitrogen and oxygen atoms in total. The van der Waals surface area contributed by atoms with Crippen molar-refractivity contribution in [2.24, 2.45) is 11.1 Å². The van der Waals surface area contributed by atoms with Crippen LogP contribution in [0, 0.1) is 5.41 Å². The Hall–Kier alpha value is -1.16. The molecule has 0 aromatic heterocycles. The van der Waals surface area contributed by atoms with Crippen LogP contribution in [0.25, 0.3) is 0 Å². The number of nitrogens with two attached hydrogens (primary N) is 1. The van der Waals surface area contributed by atoms with Crippen LogP contribution >= 0.6 is 0 Å². The third-order valence-electron chi connectivity index (χ3n) is 5.20. The van der Waals surface area contributed by atoms with Gasteiger partial charge in [0.15, 0.2) is 0 Å². The number of hydrogen-bond donors (Lipinski definition) is 5. The van der Waals surface area contributed by atoms with Crippen molar-refractivity contribution >= 4 is 19.0 Å². The zero-order valence-corrected chi connectivity index (χ0v) is 13.4. The summed E-state index contributed by atoms with van der Waals surface area (Å²) in [6.45, 7) is 2.65. The van der Waals surface area contributed by atoms with E-state index in [1.165, 1.54) is 0 Å². The summed E-state index contributed by atoms with van der Waals surface area (Å²) in [6.07, 6.45) is 2.65. The summed E-state index contributed by atoms with van der Waals surface area (Å²) in [6, 6.07) is -1.56. The topological polar surface area (TPSA) is 136 Å². The second-order valence-electron chi connectivity index (χ2n) is 6.73. The first-order valence-corrected chi connectivity index (χ1v) is 8.18. The lowest BCUT2D eigenvalue weighted by Gasteiger charge is -2.48. The number of likely N-dealkylation sites (tertiary alicyclic amines) is 1. The van der Waals surface area contributed by atoms with Gasteiger partial charge in [0.05, 0.1) is 12.1 Å². The minimum absolute atomic E-state index is 0.158. The lowest BCUT2D eigenvalue weighted by atomic mass is 9.66. The standard InChI is InChI=1S/C14H26BN3O5/c1-9(16)12(19)18-7-3-5-14(4-2-6-15(22)23)10(18)8-17-11(14)13(20)21/h9-11,17,22-23H,2-8,16H2,1H3,(H,20,21)/t9?,10-,11+,14-/m0/s1. The molecule has 6 N–H and O–H groups in total. The van der Waals surface area contributed by atoms with Crippen LogP contribution in [0.4, 0.5) is 0 Å². The van der Waals surface area contributed by atoms with E-state index in [0.717, 1.165) is 6.42 Å². The third-order valence-corrected chi connectivity index (χ3v) is 5.20. The fourth-order valence-electron chi connectivity index (χ4n) is 4.20. The minimum atomic E-state index is -1.40. The maximum atomic E-state index is 12.4. The van der Waals surface area contributed by atoms with Gasteiger partial charge in [-0.2, -0.15) is 0 Å². The lowest BCUT2D eigenvalue weighted by Crippen LogP contribution is -2.59. The molecule has 2 saturated heterocycles. The number of carbonyl (C=O) groups is 2. The van der Waals surface area contributed by atoms with Gasteiger partial charge in [0.1, 0.15) is 6.04 Å². The highest BCUT2D eigenvalue weighted by Crippen LogP contribution is 2.46. The number of rotatable bonds is 6. The van der Waals surface area contributed by atoms with Crippen LogP contribution < -0.4 is 11.1 Å². The number of aliphatic carboxylic acids is 1. The van der Waals surface area contributed by atoms with Gasteiger partial charge in [-0.25, -0.2) is 0 Å². The predicted molar refractivity (Wildman–Crippen MR) is 84.5 cm³/mol. The van der Waals surface area contributed by atoms with Crippen LogP contribution in [0.3, 0.4) is 0 Å². The molecule has 1 unspecified atom stereocenters. The molecular weight excluding hydrogens is 301 g/mol. The van der Waals surface area contributed by atoms with Gasteiger partial charge in [-0.1, -0.05) is 6.42 Å². The van der Waals surface area contributed by atoms with E-state index in [4.69, 9.17) is 15.8 Å². The molecule has 4 atom stereocenters. The van der Waals surface area contributed by atoms with Crippen molar-refractivity contribution in [1.29, 1.82) is 0 Å². The fourth-order valence-corrected chi connectivity index (χ4v) is 4.20. The van der Waals surface area contributed by atoms with E-state index in [2.05, 4.69) is 5.32 Å². The molecule has 0 aliphatic carbocycles. The molecule has 0 spiro atoms. The van der Waals surface area contributed by atoms with Gasteiger partial charge in [-0.3, -0.25) is 9.59 Å². The van der Waals surface area contributed by atoms with Crippen LogP contribution in [0.2, 0.25) is 6.32 Å². The maximum absolute atomic E-state index is 12.4. The second-order valence-corrected chi connectivity index (χ2v) is 6.73. The normalized spacial score (nSPS) is 31.6. The summed E-state index contributed by atoms with van der Waals surface area (Å²) in [5, 5.41) is 30.7. The Balaban J connectivity index is 2.25. The van der Waals surface area contributed by atoms with Gasteiger partial charge in [0.25, 0.3) is 0 Å². The maximum Gasteiger partial charge on any atom is 0.451 e. The molecule has 9 heteroatoms. The Morgan fingerprint density at radius 3 is 2.74 bits per heavy atom. The van der Waals surface area contributed by atoms with Gasteiger partial charge in [-0.05, 0) is 32.5 Å². The highest BCUT2D eigenvalue weighted by Gasteiger charge is 2.57. The molecule has 23 heavy (non-hydrogen) atoms. The van der Waals surface area contributed by atoms with Gasteiger partial charge >= 0.3 is 13.1 Å². The van der Waals surface area contributed by atoms with Gasteiger partial charge in [-0.15, -0.1) is 0 Å². The van der Waals surface area contributed by atoms with Crippen LogP contribution in [0.1, 0.15) is 32.6 Å². The zero-order valence-electron chi connectivity index (χ0n) is 13.4. The molecule has 2 rings (SSSR count). The number of amides is 1. The summed E-state index contributed by atoms with van der Waals surface area (Å²) in [7, 11) is -1.40. The Labute approximate surface area is 136 Å². The number of piperidine rings is 1. The second kappa shape index (κ2) is 7.17. The molecule has 2 aliphatic rings. The van der Waals surface area contributed by atoms with E-state index in [-0.39, 0.29) is 18.3 Å². The molecule has 2 aliphatic heterocycles. The van der Waals surface area contributed by atoms with Crippen molar-refractivity contribution < 1.29 is 24.7 Å². The quantitative estimate of drug-likeness (QED) is 0.379. The number of carboxylic acid groups (broad SMARTS) is 1. The lowest BCUT2D eigenvalue weighted by molar-refractivity contribution is -0.148. The first-order chi connectivity index (χ1) is 10.8. The number of fused-ring (bicyclic) bond motifs is 1. The highest BCUT2D eigenvalue weighted by atomic mass is 16.4. The Kier molecular flexibility index (Phi) is 5.67. The summed E-state index contributed by atoms with van der Waals surface area (Å²) in [5.41, 5.74) is 5.15. The van der Waals surface area contributed by atoms with Gasteiger partial charge < -0.3 is 31.1 Å². The molecule has 2 fully saturated rings. The number of carboxylic acids is 1. The molecule has 1 amide bonds. The number of hydrogen-bond acceptors (Lipinski definition) is 6. The van der Waals surface area contributed by atoms with Crippen molar-refractivity contribution in [2.45, 2.75) is 57.1 Å². The van der Waals surface area contributed by atoms with E-state index in [0.29, 0.717) is 32.4 Å². The molecule has 0 bridgehead atoms. The van der Waals surface area contributed by atoms with Crippen LogP contribution in [0.5, 0.6) is 0 Å². The Bertz CT molecular complexity index is 462. The van der Waals surface area contributed by atoms with E-state index >= 15 is 0 Å². The molecule has 0 aromatic rings. The molecular formula is C14H26BN3O5. The SMILES string of the molecule is CC(N)C(=O)N1CCC[C@]2(CCCB(O)O)[C@@H](C(=O)O)NC[C@H]12. The Morgan fingerprint density at radius 1 is 1.48 bits per heavy atom. The van der Waals surface area contributed by atoms with Crippen molar-refractivity contribution in [2.75, 3.05) is 13.1 Å². The minimum Gasteiger partial charge on any atom is -0.480 e. The largest absolute Gasteiger partial charge is 0.480 e. The predicted octanol–water partition coefficient (Wildman–Crippen LogP) is -1.38. The van der Waals surface area contributed by atoms with Crippen molar-refractivity contribution in [1.82, 2.24) is 10.2 Å². The van der Waals surface area contributed by atoms with E-state index in [9.17, 15) is 14.7 Å². The van der Waals surface area contributed by atoms with Crippen molar-refractivity contribution in [3.8, 4) is 0 Å². The highest BCUT2D eigenvalue weighted by molar-refractivity contribution is 6.40. The number of nitrogens with one attached hydrogen (secondary N) is 1. The third kappa shape index (κ3) is 3.52. The van der Waals surface area contributed by atoms with E-state index in [1.807, 2.05) is 0 Å². The molecule has 0 radical (unpaired) electrons. The van der Waals surface area contributed by atoms with Crippen LogP contribution in [-0.2, 0) is 9.59 Å². The summed E-state index contributed by atoms with van der Waals surface area (Å²) in [4.78, 5) is 25.8. The van der Waals surface area contributed by atoms with E-state index in [1.54, 1.807) is 11.8 Å². The molecule has 0 aromatic carbocycles. The van der Waals surface area contributed by atoms with Crippen LogP contribution in [-0.4, -0.2) is 70.3 Å². The smallest absolute Gasteiger partial charge is 0.451 e. The van der Waals surface area contributed by atoms with Crippen molar-refractivity contribution in [3.05, 3.63) is 0 Å². The number of nitrogens with zero attached hydrogens (tertiary/aromatic N) is 1. The summed E-state index contributed by atoms with van der Waals surface area (Å²) in [5.74, 6) is -1.08. The monoisotopic (exact) mass is 327 g/mol. The summed E-state index contributed by atoms with van der Waals surface area (Å²) < 4.78 is 0. The molecule has 0 saturated carbocycles. The average molecular weight is 327 g/mol. The van der Waals surface area contributed by atoms with Crippen LogP contribution in [0.15, 0.2) is 0 Å². The summed E-state index contributed by atoms with van der Waals surface area (Å²) >= 11 is 0. The fraction of sp³-hybridized carbons (Fsp3) is 0.857. The molecule has 130 valence electrons. The first-order valence-electron chi connectivity index (χ1n) is 8.18. The molecule has 2 heterocycles. The van der Waals surface area contributed by atoms with Gasteiger partial charge in [0, 0.05) is 18.5 Å². The average Bonchev–Trinajstić information content (AvgIpc) is 2.85. The zero-order chi connectivity index (χ0) is 17.2. The Morgan fingerprint density at radius 2 is 2.17 bits per heavy atom. The van der Waals surface area contributed by atoms with Crippen molar-refractivity contribution in [3.63, 3.8) is 0 Å². The van der Waals surface area contributed by atoms with E-state index < -0.39 is 30.6 Å². The number of carbonyl (C=O) groups excluding carboxylic acids is 1.